The summed E-state index contributed by atoms with van der Waals surface area (Å²) in [6.07, 6.45) is 1.14. The van der Waals surface area contributed by atoms with Crippen LogP contribution in [0, 0.1) is 0 Å². The minimum absolute atomic E-state index is 0.294. The maximum absolute atomic E-state index is 11.6. The molecule has 0 fully saturated rings. The quantitative estimate of drug-likeness (QED) is 0.800. The Bertz CT molecular complexity index is 601. The van der Waals surface area contributed by atoms with Crippen molar-refractivity contribution in [2.24, 2.45) is 0 Å². The summed E-state index contributed by atoms with van der Waals surface area (Å²) in [5.74, 6) is 1.49. The van der Waals surface area contributed by atoms with Crippen LogP contribution in [0.1, 0.15) is 43.3 Å². The number of rotatable bonds is 7. The minimum atomic E-state index is -0.294. The third-order valence-corrected chi connectivity index (χ3v) is 3.71. The van der Waals surface area contributed by atoms with Gasteiger partial charge in [-0.3, -0.25) is 0 Å². The highest BCUT2D eigenvalue weighted by Crippen LogP contribution is 2.22. The first-order chi connectivity index (χ1) is 10.6. The second-order valence-corrected chi connectivity index (χ2v) is 5.39. The van der Waals surface area contributed by atoms with E-state index < -0.39 is 0 Å². The number of ether oxygens (including phenoxy) is 1. The average Bonchev–Trinajstić information content (AvgIpc) is 3.02. The molecule has 4 nitrogen and oxygen atoms in total. The molecule has 0 spiro atoms. The Labute approximate surface area is 131 Å². The van der Waals surface area contributed by atoms with Crippen molar-refractivity contribution in [1.29, 1.82) is 0 Å². The van der Waals surface area contributed by atoms with Crippen LogP contribution >= 0.6 is 0 Å². The van der Waals surface area contributed by atoms with E-state index in [-0.39, 0.29) is 5.97 Å². The van der Waals surface area contributed by atoms with Gasteiger partial charge in [-0.05, 0) is 44.5 Å². The van der Waals surface area contributed by atoms with E-state index in [0.717, 1.165) is 30.0 Å². The van der Waals surface area contributed by atoms with Crippen molar-refractivity contribution in [2.45, 2.75) is 39.8 Å². The minimum Gasteiger partial charge on any atom is -0.462 e. The molecule has 0 saturated heterocycles. The van der Waals surface area contributed by atoms with Gasteiger partial charge in [-0.2, -0.15) is 0 Å². The number of hydrogen-bond acceptors (Lipinski definition) is 3. The zero-order valence-electron chi connectivity index (χ0n) is 13.5. The number of nitrogens with two attached hydrogens (primary N) is 1. The SMILES string of the molecule is CCOC(=O)c1ccc(-c2ccc(C[NH2+][C@@H](C)CC)o2)cc1. The van der Waals surface area contributed by atoms with Crippen LogP contribution < -0.4 is 5.32 Å². The Hall–Kier alpha value is -2.07. The van der Waals surface area contributed by atoms with Gasteiger partial charge in [0.25, 0.3) is 0 Å². The second kappa shape index (κ2) is 7.80. The molecular formula is C18H24NO3+. The van der Waals surface area contributed by atoms with Crippen LogP contribution in [0.3, 0.4) is 0 Å². The third kappa shape index (κ3) is 4.21. The lowest BCUT2D eigenvalue weighted by Crippen LogP contribution is -2.87. The molecule has 118 valence electrons. The number of carbonyl (C=O) groups excluding carboxylic acids is 1. The molecule has 0 unspecified atom stereocenters. The predicted molar refractivity (Wildman–Crippen MR) is 85.5 cm³/mol. The lowest BCUT2D eigenvalue weighted by Gasteiger charge is -2.05. The molecule has 1 heterocycles. The summed E-state index contributed by atoms with van der Waals surface area (Å²) in [6, 6.07) is 11.9. The van der Waals surface area contributed by atoms with Crippen LogP contribution in [0.15, 0.2) is 40.8 Å². The first kappa shape index (κ1) is 16.3. The van der Waals surface area contributed by atoms with Crippen LogP contribution in [0.4, 0.5) is 0 Å². The predicted octanol–water partition coefficient (Wildman–Crippen LogP) is 2.99. The topological polar surface area (TPSA) is 56.0 Å². The summed E-state index contributed by atoms with van der Waals surface area (Å²) < 4.78 is 10.8. The molecular weight excluding hydrogens is 278 g/mol. The van der Waals surface area contributed by atoms with Crippen molar-refractivity contribution in [3.05, 3.63) is 47.7 Å². The smallest absolute Gasteiger partial charge is 0.338 e. The summed E-state index contributed by atoms with van der Waals surface area (Å²) >= 11 is 0. The highest BCUT2D eigenvalue weighted by Gasteiger charge is 2.10. The lowest BCUT2D eigenvalue weighted by atomic mass is 10.1. The van der Waals surface area contributed by atoms with Crippen LogP contribution in [0.25, 0.3) is 11.3 Å². The van der Waals surface area contributed by atoms with Crippen molar-refractivity contribution in [3.63, 3.8) is 0 Å². The maximum atomic E-state index is 11.6. The molecule has 0 radical (unpaired) electrons. The number of carbonyl (C=O) groups is 1. The molecule has 1 atom stereocenters. The van der Waals surface area contributed by atoms with Gasteiger partial charge in [0.1, 0.15) is 12.3 Å². The molecule has 1 aromatic heterocycles. The number of quaternary nitrogens is 1. The first-order valence-corrected chi connectivity index (χ1v) is 7.83. The van der Waals surface area contributed by atoms with Gasteiger partial charge in [0.05, 0.1) is 18.2 Å². The zero-order chi connectivity index (χ0) is 15.9. The molecule has 0 aliphatic carbocycles. The summed E-state index contributed by atoms with van der Waals surface area (Å²) in [4.78, 5) is 11.6. The van der Waals surface area contributed by atoms with Crippen molar-refractivity contribution in [3.8, 4) is 11.3 Å². The Morgan fingerprint density at radius 2 is 1.91 bits per heavy atom. The van der Waals surface area contributed by atoms with Gasteiger partial charge in [0, 0.05) is 5.56 Å². The van der Waals surface area contributed by atoms with Gasteiger partial charge in [0.2, 0.25) is 0 Å². The van der Waals surface area contributed by atoms with Crippen LogP contribution in [0.2, 0.25) is 0 Å². The van der Waals surface area contributed by atoms with Crippen LogP contribution in [-0.2, 0) is 11.3 Å². The van der Waals surface area contributed by atoms with E-state index in [1.165, 1.54) is 0 Å². The average molecular weight is 302 g/mol. The fraction of sp³-hybridized carbons (Fsp3) is 0.389. The van der Waals surface area contributed by atoms with E-state index in [1.807, 2.05) is 24.3 Å². The summed E-state index contributed by atoms with van der Waals surface area (Å²) in [7, 11) is 0. The van der Waals surface area contributed by atoms with Gasteiger partial charge in [-0.25, -0.2) is 4.79 Å². The molecule has 0 aliphatic heterocycles. The Morgan fingerprint density at radius 1 is 1.18 bits per heavy atom. The summed E-state index contributed by atoms with van der Waals surface area (Å²) in [5, 5.41) is 2.27. The second-order valence-electron chi connectivity index (χ2n) is 5.39. The van der Waals surface area contributed by atoms with E-state index in [1.54, 1.807) is 19.1 Å². The van der Waals surface area contributed by atoms with Gasteiger partial charge >= 0.3 is 5.97 Å². The van der Waals surface area contributed by atoms with Crippen molar-refractivity contribution >= 4 is 5.97 Å². The molecule has 0 saturated carbocycles. The fourth-order valence-electron chi connectivity index (χ4n) is 2.11. The van der Waals surface area contributed by atoms with Gasteiger partial charge < -0.3 is 14.5 Å². The van der Waals surface area contributed by atoms with E-state index in [4.69, 9.17) is 9.15 Å². The van der Waals surface area contributed by atoms with E-state index in [2.05, 4.69) is 19.2 Å². The van der Waals surface area contributed by atoms with Crippen molar-refractivity contribution in [1.82, 2.24) is 0 Å². The molecule has 4 heteroatoms. The number of benzene rings is 1. The largest absolute Gasteiger partial charge is 0.462 e. The van der Waals surface area contributed by atoms with Crippen molar-refractivity contribution < 1.29 is 19.3 Å². The standard InChI is InChI=1S/C18H23NO3/c1-4-13(3)19-12-16-10-11-17(22-16)14-6-8-15(9-7-14)18(20)21-5-2/h6-11,13,19H,4-5,12H2,1-3H3/p+1/t13-/m0/s1. The molecule has 0 bridgehead atoms. The third-order valence-electron chi connectivity index (χ3n) is 3.71. The summed E-state index contributed by atoms with van der Waals surface area (Å²) in [5.41, 5.74) is 1.52. The Morgan fingerprint density at radius 3 is 2.55 bits per heavy atom. The number of esters is 1. The normalized spacial score (nSPS) is 12.1. The van der Waals surface area contributed by atoms with Crippen LogP contribution in [0.5, 0.6) is 0 Å². The Balaban J connectivity index is 2.03. The first-order valence-electron chi connectivity index (χ1n) is 7.83. The van der Waals surface area contributed by atoms with Gasteiger partial charge in [-0.1, -0.05) is 19.1 Å². The van der Waals surface area contributed by atoms with Gasteiger partial charge in [-0.15, -0.1) is 0 Å². The van der Waals surface area contributed by atoms with Crippen molar-refractivity contribution in [2.75, 3.05) is 6.61 Å². The van der Waals surface area contributed by atoms with Gasteiger partial charge in [0.15, 0.2) is 5.76 Å². The van der Waals surface area contributed by atoms with Crippen LogP contribution in [-0.4, -0.2) is 18.6 Å². The molecule has 1 aromatic carbocycles. The highest BCUT2D eigenvalue weighted by atomic mass is 16.5. The van der Waals surface area contributed by atoms with E-state index >= 15 is 0 Å². The van der Waals surface area contributed by atoms with E-state index in [9.17, 15) is 4.79 Å². The number of furan rings is 1. The lowest BCUT2D eigenvalue weighted by molar-refractivity contribution is -0.703. The number of hydrogen-bond donors (Lipinski definition) is 1. The molecule has 2 aromatic rings. The van der Waals surface area contributed by atoms with E-state index in [0.29, 0.717) is 18.2 Å². The Kier molecular flexibility index (Phi) is 5.78. The summed E-state index contributed by atoms with van der Waals surface area (Å²) in [6.45, 7) is 7.41. The molecule has 0 aliphatic rings. The molecule has 2 rings (SSSR count). The monoisotopic (exact) mass is 302 g/mol. The maximum Gasteiger partial charge on any atom is 0.338 e. The molecule has 22 heavy (non-hydrogen) atoms. The molecule has 0 amide bonds. The molecule has 2 N–H and O–H groups in total. The highest BCUT2D eigenvalue weighted by molar-refractivity contribution is 5.89. The zero-order valence-corrected chi connectivity index (χ0v) is 13.5. The fourth-order valence-corrected chi connectivity index (χ4v) is 2.11.